The lowest BCUT2D eigenvalue weighted by molar-refractivity contribution is -0.134. The number of likely N-dealkylation sites (N-methyl/N-ethyl adjacent to an activating group) is 1. The van der Waals surface area contributed by atoms with E-state index in [1.807, 2.05) is 0 Å². The standard InChI is InChI=1S/C10H11BrFNO/c1-13(2)10(14)9(12)7-4-3-5-8(11)6-7/h3-6,9H,1-2H3. The molecule has 1 atom stereocenters. The van der Waals surface area contributed by atoms with Gasteiger partial charge in [0.1, 0.15) is 0 Å². The van der Waals surface area contributed by atoms with Crippen molar-refractivity contribution in [3.8, 4) is 0 Å². The molecule has 0 saturated carbocycles. The number of alkyl halides is 1. The van der Waals surface area contributed by atoms with Crippen LogP contribution >= 0.6 is 15.9 Å². The Morgan fingerprint density at radius 1 is 1.50 bits per heavy atom. The van der Waals surface area contributed by atoms with Crippen LogP contribution in [0.3, 0.4) is 0 Å². The minimum atomic E-state index is -1.58. The average Bonchev–Trinajstić information content (AvgIpc) is 2.15. The molecule has 1 unspecified atom stereocenters. The zero-order valence-corrected chi connectivity index (χ0v) is 9.58. The van der Waals surface area contributed by atoms with Gasteiger partial charge in [-0.2, -0.15) is 0 Å². The second kappa shape index (κ2) is 4.55. The first kappa shape index (κ1) is 11.2. The summed E-state index contributed by atoms with van der Waals surface area (Å²) in [4.78, 5) is 12.5. The molecule has 0 fully saturated rings. The van der Waals surface area contributed by atoms with Crippen LogP contribution in [0.15, 0.2) is 28.7 Å². The van der Waals surface area contributed by atoms with Crippen molar-refractivity contribution in [2.45, 2.75) is 6.17 Å². The minimum absolute atomic E-state index is 0.373. The molecule has 1 rings (SSSR count). The molecule has 0 aliphatic heterocycles. The molecule has 14 heavy (non-hydrogen) atoms. The van der Waals surface area contributed by atoms with Crippen LogP contribution in [0.4, 0.5) is 4.39 Å². The van der Waals surface area contributed by atoms with E-state index in [2.05, 4.69) is 15.9 Å². The molecule has 0 heterocycles. The highest BCUT2D eigenvalue weighted by atomic mass is 79.9. The van der Waals surface area contributed by atoms with E-state index in [1.54, 1.807) is 24.3 Å². The molecule has 0 radical (unpaired) electrons. The van der Waals surface area contributed by atoms with Crippen LogP contribution in [0.2, 0.25) is 0 Å². The summed E-state index contributed by atoms with van der Waals surface area (Å²) in [7, 11) is 3.07. The highest BCUT2D eigenvalue weighted by Crippen LogP contribution is 2.22. The topological polar surface area (TPSA) is 20.3 Å². The highest BCUT2D eigenvalue weighted by Gasteiger charge is 2.20. The molecule has 76 valence electrons. The molecule has 1 amide bonds. The predicted octanol–water partition coefficient (Wildman–Crippen LogP) is 2.55. The van der Waals surface area contributed by atoms with Gasteiger partial charge in [0.05, 0.1) is 0 Å². The van der Waals surface area contributed by atoms with E-state index in [9.17, 15) is 9.18 Å². The molecule has 0 bridgehead atoms. The molecule has 0 spiro atoms. The van der Waals surface area contributed by atoms with Crippen LogP contribution in [-0.2, 0) is 4.79 Å². The number of amides is 1. The summed E-state index contributed by atoms with van der Waals surface area (Å²) in [5, 5.41) is 0. The van der Waals surface area contributed by atoms with Crippen molar-refractivity contribution in [3.63, 3.8) is 0 Å². The second-order valence-corrected chi connectivity index (χ2v) is 4.07. The third kappa shape index (κ3) is 2.54. The maximum Gasteiger partial charge on any atom is 0.261 e. The van der Waals surface area contributed by atoms with Crippen molar-refractivity contribution in [1.82, 2.24) is 4.90 Å². The maximum atomic E-state index is 13.5. The number of hydrogen-bond acceptors (Lipinski definition) is 1. The lowest BCUT2D eigenvalue weighted by atomic mass is 10.1. The molecule has 0 aromatic heterocycles. The predicted molar refractivity (Wildman–Crippen MR) is 56.7 cm³/mol. The van der Waals surface area contributed by atoms with Crippen LogP contribution in [0.25, 0.3) is 0 Å². The Morgan fingerprint density at radius 3 is 2.64 bits per heavy atom. The smallest absolute Gasteiger partial charge is 0.261 e. The van der Waals surface area contributed by atoms with Gasteiger partial charge in [-0.25, -0.2) is 4.39 Å². The highest BCUT2D eigenvalue weighted by molar-refractivity contribution is 9.10. The Hall–Kier alpha value is -0.900. The van der Waals surface area contributed by atoms with Gasteiger partial charge >= 0.3 is 0 Å². The Bertz CT molecular complexity index is 341. The lowest BCUT2D eigenvalue weighted by Crippen LogP contribution is -2.25. The summed E-state index contributed by atoms with van der Waals surface area (Å²) in [5.74, 6) is -0.539. The monoisotopic (exact) mass is 259 g/mol. The maximum absolute atomic E-state index is 13.5. The van der Waals surface area contributed by atoms with Gasteiger partial charge in [0.2, 0.25) is 6.17 Å². The molecule has 4 heteroatoms. The van der Waals surface area contributed by atoms with Crippen molar-refractivity contribution in [1.29, 1.82) is 0 Å². The SMILES string of the molecule is CN(C)C(=O)C(F)c1cccc(Br)c1. The molecule has 0 aliphatic rings. The van der Waals surface area contributed by atoms with Crippen LogP contribution in [0.5, 0.6) is 0 Å². The van der Waals surface area contributed by atoms with Gasteiger partial charge in [-0.15, -0.1) is 0 Å². The van der Waals surface area contributed by atoms with Crippen LogP contribution in [0.1, 0.15) is 11.7 Å². The van der Waals surface area contributed by atoms with Gasteiger partial charge in [0.25, 0.3) is 5.91 Å². The number of hydrogen-bond donors (Lipinski definition) is 0. The summed E-state index contributed by atoms with van der Waals surface area (Å²) < 4.78 is 14.3. The van der Waals surface area contributed by atoms with Gasteiger partial charge in [-0.1, -0.05) is 28.1 Å². The van der Waals surface area contributed by atoms with E-state index in [0.29, 0.717) is 5.56 Å². The van der Waals surface area contributed by atoms with Crippen LogP contribution in [-0.4, -0.2) is 24.9 Å². The lowest BCUT2D eigenvalue weighted by Gasteiger charge is -2.14. The van der Waals surface area contributed by atoms with Crippen molar-refractivity contribution in [2.75, 3.05) is 14.1 Å². The number of rotatable bonds is 2. The van der Waals surface area contributed by atoms with E-state index < -0.39 is 12.1 Å². The van der Waals surface area contributed by atoms with Crippen molar-refractivity contribution < 1.29 is 9.18 Å². The Balaban J connectivity index is 2.89. The Kier molecular flexibility index (Phi) is 3.63. The fourth-order valence-corrected chi connectivity index (χ4v) is 1.45. The summed E-state index contributed by atoms with van der Waals surface area (Å²) in [5.41, 5.74) is 0.373. The summed E-state index contributed by atoms with van der Waals surface area (Å²) in [6.45, 7) is 0. The summed E-state index contributed by atoms with van der Waals surface area (Å²) in [6.07, 6.45) is -1.58. The number of carbonyl (C=O) groups is 1. The number of carbonyl (C=O) groups excluding carboxylic acids is 1. The Morgan fingerprint density at radius 2 is 2.14 bits per heavy atom. The average molecular weight is 260 g/mol. The number of benzene rings is 1. The van der Waals surface area contributed by atoms with E-state index in [4.69, 9.17) is 0 Å². The van der Waals surface area contributed by atoms with E-state index in [-0.39, 0.29) is 0 Å². The van der Waals surface area contributed by atoms with Gasteiger partial charge in [0.15, 0.2) is 0 Å². The van der Waals surface area contributed by atoms with Gasteiger partial charge < -0.3 is 4.90 Å². The fraction of sp³-hybridized carbons (Fsp3) is 0.300. The molecule has 1 aromatic rings. The number of nitrogens with zero attached hydrogens (tertiary/aromatic N) is 1. The molecule has 0 aliphatic carbocycles. The van der Waals surface area contributed by atoms with Crippen molar-refractivity contribution in [2.24, 2.45) is 0 Å². The zero-order valence-electron chi connectivity index (χ0n) is 8.00. The van der Waals surface area contributed by atoms with Crippen molar-refractivity contribution in [3.05, 3.63) is 34.3 Å². The molecule has 2 nitrogen and oxygen atoms in total. The largest absolute Gasteiger partial charge is 0.346 e. The Labute approximate surface area is 90.8 Å². The van der Waals surface area contributed by atoms with E-state index >= 15 is 0 Å². The van der Waals surface area contributed by atoms with Crippen LogP contribution < -0.4 is 0 Å². The fourth-order valence-electron chi connectivity index (χ4n) is 1.03. The first-order valence-electron chi connectivity index (χ1n) is 4.13. The zero-order chi connectivity index (χ0) is 10.7. The molecule has 1 aromatic carbocycles. The van der Waals surface area contributed by atoms with Gasteiger partial charge in [-0.05, 0) is 17.7 Å². The van der Waals surface area contributed by atoms with Gasteiger partial charge in [0, 0.05) is 18.6 Å². The molecular formula is C10H11BrFNO. The van der Waals surface area contributed by atoms with E-state index in [0.717, 1.165) is 4.47 Å². The normalized spacial score (nSPS) is 12.3. The summed E-state index contributed by atoms with van der Waals surface area (Å²) >= 11 is 3.23. The first-order chi connectivity index (χ1) is 6.52. The molecular weight excluding hydrogens is 249 g/mol. The quantitative estimate of drug-likeness (QED) is 0.800. The molecule has 0 N–H and O–H groups in total. The minimum Gasteiger partial charge on any atom is -0.346 e. The number of halogens is 2. The van der Waals surface area contributed by atoms with Crippen LogP contribution in [0, 0.1) is 0 Å². The summed E-state index contributed by atoms with van der Waals surface area (Å²) in [6, 6.07) is 6.69. The first-order valence-corrected chi connectivity index (χ1v) is 4.92. The molecule has 0 saturated heterocycles. The van der Waals surface area contributed by atoms with E-state index in [1.165, 1.54) is 19.0 Å². The second-order valence-electron chi connectivity index (χ2n) is 3.15. The van der Waals surface area contributed by atoms with Crippen molar-refractivity contribution >= 4 is 21.8 Å². The third-order valence-electron chi connectivity index (χ3n) is 1.80. The van der Waals surface area contributed by atoms with Gasteiger partial charge in [-0.3, -0.25) is 4.79 Å². The third-order valence-corrected chi connectivity index (χ3v) is 2.29.